The van der Waals surface area contributed by atoms with Gasteiger partial charge < -0.3 is 9.66 Å². The minimum absolute atomic E-state index is 0.0766. The molecule has 0 saturated carbocycles. The Morgan fingerprint density at radius 2 is 1.88 bits per heavy atom. The van der Waals surface area contributed by atoms with Crippen LogP contribution in [0.5, 0.6) is 0 Å². The predicted molar refractivity (Wildman–Crippen MR) is 117 cm³/mol. The van der Waals surface area contributed by atoms with Gasteiger partial charge in [-0.1, -0.05) is 26.0 Å². The molecule has 166 valence electrons. The summed E-state index contributed by atoms with van der Waals surface area (Å²) in [6.45, 7) is 3.48. The highest BCUT2D eigenvalue weighted by atomic mass is 32.2. The summed E-state index contributed by atoms with van der Waals surface area (Å²) in [5.74, 6) is -1.33. The smallest absolute Gasteiger partial charge is 0.153 e. The third-order valence-corrected chi connectivity index (χ3v) is 6.84. The Morgan fingerprint density at radius 1 is 1.09 bits per heavy atom. The second-order valence-electron chi connectivity index (χ2n) is 8.21. The van der Waals surface area contributed by atoms with Crippen LogP contribution in [0, 0.1) is 11.6 Å². The molecule has 0 aliphatic heterocycles. The molecule has 4 rings (SSSR count). The highest BCUT2D eigenvalue weighted by Crippen LogP contribution is 2.45. The number of aromatic nitrogens is 4. The Kier molecular flexibility index (Phi) is 5.74. The number of benzene rings is 2. The second kappa shape index (κ2) is 8.23. The lowest BCUT2D eigenvalue weighted by atomic mass is 9.66. The van der Waals surface area contributed by atoms with E-state index in [4.69, 9.17) is 4.98 Å². The van der Waals surface area contributed by atoms with Crippen molar-refractivity contribution in [3.8, 4) is 0 Å². The van der Waals surface area contributed by atoms with Gasteiger partial charge in [0.25, 0.3) is 0 Å². The molecule has 0 spiro atoms. The lowest BCUT2D eigenvalue weighted by molar-refractivity contribution is -0.0379. The van der Waals surface area contributed by atoms with Crippen LogP contribution >= 0.6 is 0 Å². The molecule has 0 radical (unpaired) electrons. The average molecular weight is 457 g/mol. The van der Waals surface area contributed by atoms with Crippen LogP contribution in [0.1, 0.15) is 30.9 Å². The molecule has 2 N–H and O–H groups in total. The Bertz CT molecular complexity index is 1260. The van der Waals surface area contributed by atoms with Crippen LogP contribution in [-0.4, -0.2) is 36.1 Å². The van der Waals surface area contributed by atoms with E-state index in [-0.39, 0.29) is 17.8 Å². The van der Waals surface area contributed by atoms with Crippen LogP contribution in [0.4, 0.5) is 8.78 Å². The van der Waals surface area contributed by atoms with Crippen LogP contribution in [0.3, 0.4) is 0 Å². The van der Waals surface area contributed by atoms with E-state index in [1.165, 1.54) is 12.4 Å². The number of halogens is 2. The van der Waals surface area contributed by atoms with Crippen molar-refractivity contribution in [3.05, 3.63) is 83.6 Å². The Morgan fingerprint density at radius 3 is 2.53 bits per heavy atom. The molecule has 2 unspecified atom stereocenters. The Balaban J connectivity index is 1.86. The van der Waals surface area contributed by atoms with E-state index < -0.39 is 33.8 Å². The number of pyridine rings is 1. The fraction of sp³-hybridized carbons (Fsp3) is 0.261. The zero-order chi connectivity index (χ0) is 23.1. The van der Waals surface area contributed by atoms with Gasteiger partial charge in [0.2, 0.25) is 0 Å². The van der Waals surface area contributed by atoms with E-state index in [0.29, 0.717) is 16.1 Å². The van der Waals surface area contributed by atoms with Crippen molar-refractivity contribution in [2.45, 2.75) is 36.2 Å². The molecule has 2 atom stereocenters. The van der Waals surface area contributed by atoms with Gasteiger partial charge in [-0.05, 0) is 35.4 Å². The summed E-state index contributed by atoms with van der Waals surface area (Å²) in [5.41, 5.74) is -1.92. The molecular formula is C23H22F2N4O2S. The third-order valence-electron chi connectivity index (χ3n) is 5.92. The molecule has 2 heterocycles. The van der Waals surface area contributed by atoms with Crippen molar-refractivity contribution in [1.29, 1.82) is 0 Å². The summed E-state index contributed by atoms with van der Waals surface area (Å²) >= 11 is -1.13. The van der Waals surface area contributed by atoms with E-state index in [9.17, 15) is 18.4 Å². The van der Waals surface area contributed by atoms with E-state index in [2.05, 4.69) is 15.2 Å². The summed E-state index contributed by atoms with van der Waals surface area (Å²) in [6, 6.07) is 12.0. The highest BCUT2D eigenvalue weighted by molar-refractivity contribution is 7.90. The Hall–Kier alpha value is -2.88. The molecule has 0 aliphatic carbocycles. The standard InChI is InChI=1S/C23H22F2N4O2S/c1-22(2,20-9-4-14-10-16(32(3)31)6-8-19(14)28-20)23(30,12-21-26-13-27-29-21)17-7-5-15(24)11-18(17)25/h4-11,13,30H,12H2,1-3H3,(H,26,27,29). The number of hydrogen-bond acceptors (Lipinski definition) is 5. The van der Waals surface area contributed by atoms with Crippen LogP contribution in [0.15, 0.2) is 59.8 Å². The largest absolute Gasteiger partial charge is 0.612 e. The summed E-state index contributed by atoms with van der Waals surface area (Å²) < 4.78 is 40.3. The number of nitrogens with zero attached hydrogens (tertiary/aromatic N) is 3. The maximum absolute atomic E-state index is 14.9. The van der Waals surface area contributed by atoms with Gasteiger partial charge in [0, 0.05) is 40.6 Å². The molecule has 2 aromatic carbocycles. The van der Waals surface area contributed by atoms with Crippen molar-refractivity contribution in [3.63, 3.8) is 0 Å². The van der Waals surface area contributed by atoms with Crippen molar-refractivity contribution in [2.75, 3.05) is 6.26 Å². The Labute approximate surface area is 186 Å². The number of H-pyrrole nitrogens is 1. The second-order valence-corrected chi connectivity index (χ2v) is 9.59. The zero-order valence-corrected chi connectivity index (χ0v) is 18.6. The minimum Gasteiger partial charge on any atom is -0.612 e. The lowest BCUT2D eigenvalue weighted by Crippen LogP contribution is -2.48. The van der Waals surface area contributed by atoms with Crippen molar-refractivity contribution in [1.82, 2.24) is 20.2 Å². The molecule has 4 aromatic rings. The van der Waals surface area contributed by atoms with Gasteiger partial charge in [0.15, 0.2) is 10.7 Å². The molecular weight excluding hydrogens is 434 g/mol. The number of aliphatic hydroxyl groups is 1. The average Bonchev–Trinajstić information content (AvgIpc) is 3.25. The lowest BCUT2D eigenvalue weighted by Gasteiger charge is -2.42. The number of rotatable bonds is 6. The first-order valence-electron chi connectivity index (χ1n) is 9.89. The number of aromatic amines is 1. The first-order chi connectivity index (χ1) is 15.1. The van der Waals surface area contributed by atoms with Gasteiger partial charge in [-0.2, -0.15) is 5.10 Å². The number of nitrogens with one attached hydrogen (secondary N) is 1. The first-order valence-corrected chi connectivity index (χ1v) is 11.4. The molecule has 0 bridgehead atoms. The van der Waals surface area contributed by atoms with Crippen LogP contribution in [-0.2, 0) is 28.6 Å². The van der Waals surface area contributed by atoms with E-state index in [1.807, 2.05) is 6.07 Å². The van der Waals surface area contributed by atoms with E-state index in [1.54, 1.807) is 44.4 Å². The predicted octanol–water partition coefficient (Wildman–Crippen LogP) is 3.78. The van der Waals surface area contributed by atoms with Gasteiger partial charge in [0.05, 0.1) is 5.52 Å². The summed E-state index contributed by atoms with van der Waals surface area (Å²) in [7, 11) is 0. The molecule has 0 saturated heterocycles. The summed E-state index contributed by atoms with van der Waals surface area (Å²) in [5, 5.41) is 19.4. The van der Waals surface area contributed by atoms with Crippen LogP contribution < -0.4 is 0 Å². The van der Waals surface area contributed by atoms with Gasteiger partial charge in [-0.25, -0.2) is 13.8 Å². The maximum Gasteiger partial charge on any atom is 0.153 e. The van der Waals surface area contributed by atoms with E-state index >= 15 is 0 Å². The monoisotopic (exact) mass is 456 g/mol. The van der Waals surface area contributed by atoms with Gasteiger partial charge in [-0.3, -0.25) is 10.1 Å². The topological polar surface area (TPSA) is 97.8 Å². The SMILES string of the molecule is C[S+]([O-])c1ccc2nc(C(C)(C)C(O)(Cc3nc[nH]n3)c3ccc(F)cc3F)ccc2c1. The molecule has 6 nitrogen and oxygen atoms in total. The number of hydrogen-bond donors (Lipinski definition) is 2. The van der Waals surface area contributed by atoms with Crippen molar-refractivity contribution in [2.24, 2.45) is 0 Å². The number of fused-ring (bicyclic) bond motifs is 1. The molecule has 32 heavy (non-hydrogen) atoms. The fourth-order valence-electron chi connectivity index (χ4n) is 3.87. The van der Waals surface area contributed by atoms with Crippen LogP contribution in [0.2, 0.25) is 0 Å². The fourth-order valence-corrected chi connectivity index (χ4v) is 4.42. The zero-order valence-electron chi connectivity index (χ0n) is 17.8. The highest BCUT2D eigenvalue weighted by Gasteiger charge is 2.49. The quantitative estimate of drug-likeness (QED) is 0.431. The minimum atomic E-state index is -1.85. The van der Waals surface area contributed by atoms with E-state index in [0.717, 1.165) is 17.5 Å². The summed E-state index contributed by atoms with van der Waals surface area (Å²) in [4.78, 5) is 9.48. The third kappa shape index (κ3) is 3.87. The van der Waals surface area contributed by atoms with Crippen LogP contribution in [0.25, 0.3) is 10.9 Å². The molecule has 0 aliphatic rings. The molecule has 9 heteroatoms. The van der Waals surface area contributed by atoms with Crippen molar-refractivity contribution < 1.29 is 18.4 Å². The van der Waals surface area contributed by atoms with Gasteiger partial charge >= 0.3 is 0 Å². The van der Waals surface area contributed by atoms with Gasteiger partial charge in [0.1, 0.15) is 29.8 Å². The van der Waals surface area contributed by atoms with Crippen molar-refractivity contribution >= 4 is 22.1 Å². The summed E-state index contributed by atoms with van der Waals surface area (Å²) in [6.07, 6.45) is 2.85. The maximum atomic E-state index is 14.9. The molecule has 0 amide bonds. The molecule has 2 aromatic heterocycles. The normalized spacial score (nSPS) is 15.0. The first kappa shape index (κ1) is 22.3. The van der Waals surface area contributed by atoms with Gasteiger partial charge in [-0.15, -0.1) is 0 Å². The molecule has 0 fully saturated rings.